The van der Waals surface area contributed by atoms with Crippen LogP contribution in [0.3, 0.4) is 0 Å². The van der Waals surface area contributed by atoms with Crippen molar-refractivity contribution in [2.75, 3.05) is 0 Å². The molecular formula is C17H19ClO2. The van der Waals surface area contributed by atoms with Crippen molar-refractivity contribution in [3.8, 4) is 11.5 Å². The molecular weight excluding hydrogens is 272 g/mol. The number of ether oxygens (including phenoxy) is 1. The van der Waals surface area contributed by atoms with Crippen molar-refractivity contribution in [3.05, 3.63) is 58.1 Å². The van der Waals surface area contributed by atoms with Crippen LogP contribution >= 0.6 is 11.6 Å². The van der Waals surface area contributed by atoms with E-state index in [-0.39, 0.29) is 0 Å². The zero-order valence-corrected chi connectivity index (χ0v) is 12.7. The molecule has 0 aliphatic heterocycles. The van der Waals surface area contributed by atoms with Crippen LogP contribution in [0.5, 0.6) is 11.5 Å². The lowest BCUT2D eigenvalue weighted by atomic mass is 10.1. The predicted octanol–water partition coefficient (Wildman–Crippen LogP) is 5.19. The number of halogens is 1. The SMILES string of the molecule is CCC(O)c1ccc(Oc2c(C)cc(Cl)cc2C)cc1. The summed E-state index contributed by atoms with van der Waals surface area (Å²) in [7, 11) is 0. The van der Waals surface area contributed by atoms with Gasteiger partial charge in [0.05, 0.1) is 6.10 Å². The molecule has 0 aromatic heterocycles. The molecule has 0 aliphatic carbocycles. The summed E-state index contributed by atoms with van der Waals surface area (Å²) in [6.07, 6.45) is 0.290. The van der Waals surface area contributed by atoms with Crippen LogP contribution in [0.25, 0.3) is 0 Å². The lowest BCUT2D eigenvalue weighted by molar-refractivity contribution is 0.173. The molecule has 0 spiro atoms. The van der Waals surface area contributed by atoms with Crippen LogP contribution in [-0.4, -0.2) is 5.11 Å². The fourth-order valence-corrected chi connectivity index (χ4v) is 2.50. The summed E-state index contributed by atoms with van der Waals surface area (Å²) in [5.41, 5.74) is 2.92. The van der Waals surface area contributed by atoms with E-state index in [1.165, 1.54) is 0 Å². The molecule has 0 saturated carbocycles. The van der Waals surface area contributed by atoms with E-state index in [9.17, 15) is 5.11 Å². The van der Waals surface area contributed by atoms with Gasteiger partial charge in [-0.2, -0.15) is 0 Å². The summed E-state index contributed by atoms with van der Waals surface area (Å²) in [6, 6.07) is 11.3. The van der Waals surface area contributed by atoms with E-state index in [0.717, 1.165) is 28.2 Å². The number of hydrogen-bond acceptors (Lipinski definition) is 2. The average molecular weight is 291 g/mol. The predicted molar refractivity (Wildman–Crippen MR) is 82.7 cm³/mol. The highest BCUT2D eigenvalue weighted by molar-refractivity contribution is 6.30. The summed E-state index contributed by atoms with van der Waals surface area (Å²) in [6.45, 7) is 5.91. The van der Waals surface area contributed by atoms with Crippen molar-refractivity contribution >= 4 is 11.6 Å². The Morgan fingerprint density at radius 2 is 1.65 bits per heavy atom. The largest absolute Gasteiger partial charge is 0.457 e. The minimum atomic E-state index is -0.414. The van der Waals surface area contributed by atoms with Gasteiger partial charge in [-0.15, -0.1) is 0 Å². The van der Waals surface area contributed by atoms with Crippen molar-refractivity contribution in [1.82, 2.24) is 0 Å². The van der Waals surface area contributed by atoms with Crippen LogP contribution in [0.1, 0.15) is 36.1 Å². The van der Waals surface area contributed by atoms with Gasteiger partial charge in [0.15, 0.2) is 0 Å². The Balaban J connectivity index is 2.23. The maximum absolute atomic E-state index is 9.77. The number of hydrogen-bond donors (Lipinski definition) is 1. The quantitative estimate of drug-likeness (QED) is 0.839. The van der Waals surface area contributed by atoms with Gasteiger partial charge >= 0.3 is 0 Å². The first kappa shape index (κ1) is 14.9. The molecule has 0 aliphatic rings. The second-order valence-corrected chi connectivity index (χ2v) is 5.40. The molecule has 3 heteroatoms. The Bertz CT molecular complexity index is 567. The molecule has 1 unspecified atom stereocenters. The molecule has 0 amide bonds. The van der Waals surface area contributed by atoms with Crippen molar-refractivity contribution in [2.45, 2.75) is 33.3 Å². The van der Waals surface area contributed by atoms with Gasteiger partial charge in [-0.25, -0.2) is 0 Å². The van der Waals surface area contributed by atoms with Crippen molar-refractivity contribution in [3.63, 3.8) is 0 Å². The molecule has 2 aromatic rings. The van der Waals surface area contributed by atoms with E-state index in [0.29, 0.717) is 11.4 Å². The third kappa shape index (κ3) is 3.33. The van der Waals surface area contributed by atoms with Crippen molar-refractivity contribution in [2.24, 2.45) is 0 Å². The van der Waals surface area contributed by atoms with Gasteiger partial charge in [-0.1, -0.05) is 30.7 Å². The summed E-state index contributed by atoms with van der Waals surface area (Å²) >= 11 is 6.01. The number of benzene rings is 2. The van der Waals surface area contributed by atoms with Gasteiger partial charge in [0.2, 0.25) is 0 Å². The molecule has 0 fully saturated rings. The summed E-state index contributed by atoms with van der Waals surface area (Å²) < 4.78 is 5.92. The van der Waals surface area contributed by atoms with Crippen LogP contribution < -0.4 is 4.74 Å². The molecule has 1 N–H and O–H groups in total. The third-order valence-corrected chi connectivity index (χ3v) is 3.51. The smallest absolute Gasteiger partial charge is 0.133 e. The Morgan fingerprint density at radius 3 is 2.15 bits per heavy atom. The molecule has 2 aromatic carbocycles. The van der Waals surface area contributed by atoms with E-state index in [1.54, 1.807) is 0 Å². The maximum Gasteiger partial charge on any atom is 0.133 e. The third-order valence-electron chi connectivity index (χ3n) is 3.30. The van der Waals surface area contributed by atoms with E-state index >= 15 is 0 Å². The number of rotatable bonds is 4. The molecule has 0 radical (unpaired) electrons. The Morgan fingerprint density at radius 1 is 1.10 bits per heavy atom. The zero-order chi connectivity index (χ0) is 14.7. The number of aliphatic hydroxyl groups is 1. The highest BCUT2D eigenvalue weighted by Gasteiger charge is 2.08. The molecule has 0 saturated heterocycles. The minimum absolute atomic E-state index is 0.414. The van der Waals surface area contributed by atoms with Crippen LogP contribution in [-0.2, 0) is 0 Å². The topological polar surface area (TPSA) is 29.5 Å². The fourth-order valence-electron chi connectivity index (χ4n) is 2.17. The Kier molecular flexibility index (Phi) is 4.69. The maximum atomic E-state index is 9.77. The van der Waals surface area contributed by atoms with E-state index in [2.05, 4.69) is 0 Å². The van der Waals surface area contributed by atoms with E-state index in [1.807, 2.05) is 57.2 Å². The van der Waals surface area contributed by atoms with Gasteiger partial charge < -0.3 is 9.84 Å². The second-order valence-electron chi connectivity index (χ2n) is 4.96. The first-order valence-corrected chi connectivity index (χ1v) is 7.11. The average Bonchev–Trinajstić information content (AvgIpc) is 2.42. The van der Waals surface area contributed by atoms with Crippen molar-refractivity contribution in [1.29, 1.82) is 0 Å². The lowest BCUT2D eigenvalue weighted by Gasteiger charge is -2.13. The van der Waals surface area contributed by atoms with E-state index in [4.69, 9.17) is 16.3 Å². The monoisotopic (exact) mass is 290 g/mol. The zero-order valence-electron chi connectivity index (χ0n) is 12.0. The van der Waals surface area contributed by atoms with Crippen LogP contribution in [0.15, 0.2) is 36.4 Å². The van der Waals surface area contributed by atoms with Gasteiger partial charge in [0, 0.05) is 5.02 Å². The molecule has 2 nitrogen and oxygen atoms in total. The molecule has 20 heavy (non-hydrogen) atoms. The summed E-state index contributed by atoms with van der Waals surface area (Å²) in [5, 5.41) is 10.5. The first-order valence-electron chi connectivity index (χ1n) is 6.74. The molecule has 0 heterocycles. The lowest BCUT2D eigenvalue weighted by Crippen LogP contribution is -1.95. The standard InChI is InChI=1S/C17H19ClO2/c1-4-16(19)13-5-7-15(8-6-13)20-17-11(2)9-14(18)10-12(17)3/h5-10,16,19H,4H2,1-3H3. The highest BCUT2D eigenvalue weighted by atomic mass is 35.5. The minimum Gasteiger partial charge on any atom is -0.457 e. The number of aryl methyl sites for hydroxylation is 2. The number of aliphatic hydroxyl groups excluding tert-OH is 1. The Hall–Kier alpha value is -1.51. The van der Waals surface area contributed by atoms with Gasteiger partial charge in [0.1, 0.15) is 11.5 Å². The first-order chi connectivity index (χ1) is 9.51. The van der Waals surface area contributed by atoms with Gasteiger partial charge in [0.25, 0.3) is 0 Å². The molecule has 1 atom stereocenters. The van der Waals surface area contributed by atoms with Crippen molar-refractivity contribution < 1.29 is 9.84 Å². The van der Waals surface area contributed by atoms with Crippen LogP contribution in [0.4, 0.5) is 0 Å². The van der Waals surface area contributed by atoms with Crippen LogP contribution in [0, 0.1) is 13.8 Å². The van der Waals surface area contributed by atoms with Crippen LogP contribution in [0.2, 0.25) is 5.02 Å². The molecule has 2 rings (SSSR count). The fraction of sp³-hybridized carbons (Fsp3) is 0.294. The molecule has 106 valence electrons. The van der Waals surface area contributed by atoms with E-state index < -0.39 is 6.10 Å². The second kappa shape index (κ2) is 6.29. The molecule has 0 bridgehead atoms. The summed E-state index contributed by atoms with van der Waals surface area (Å²) in [5.74, 6) is 1.59. The summed E-state index contributed by atoms with van der Waals surface area (Å²) in [4.78, 5) is 0. The highest BCUT2D eigenvalue weighted by Crippen LogP contribution is 2.31. The normalized spacial score (nSPS) is 12.2. The van der Waals surface area contributed by atoms with Gasteiger partial charge in [-0.3, -0.25) is 0 Å². The van der Waals surface area contributed by atoms with Gasteiger partial charge in [-0.05, 0) is 61.2 Å². The Labute approximate surface area is 125 Å².